The first kappa shape index (κ1) is 16.5. The van der Waals surface area contributed by atoms with Gasteiger partial charge in [0.05, 0.1) is 23.2 Å². The Bertz CT molecular complexity index is 547. The first-order valence-electron chi connectivity index (χ1n) is 7.19. The van der Waals surface area contributed by atoms with Crippen molar-refractivity contribution in [2.45, 2.75) is 19.8 Å². The van der Waals surface area contributed by atoms with Crippen molar-refractivity contribution < 1.29 is 18.7 Å². The third-order valence-corrected chi connectivity index (χ3v) is 3.84. The molecule has 2 rings (SSSR count). The minimum absolute atomic E-state index is 0.0487. The van der Waals surface area contributed by atoms with Crippen molar-refractivity contribution in [1.82, 2.24) is 4.90 Å². The maximum Gasteiger partial charge on any atom is 0.321 e. The summed E-state index contributed by atoms with van der Waals surface area (Å²) in [6.07, 6.45) is 1.38. The smallest absolute Gasteiger partial charge is 0.321 e. The Morgan fingerprint density at radius 3 is 2.95 bits per heavy atom. The second-order valence-electron chi connectivity index (χ2n) is 5.06. The van der Waals surface area contributed by atoms with Gasteiger partial charge in [-0.1, -0.05) is 17.7 Å². The maximum absolute atomic E-state index is 13.7. The van der Waals surface area contributed by atoms with Crippen LogP contribution >= 0.6 is 11.6 Å². The van der Waals surface area contributed by atoms with E-state index in [1.54, 1.807) is 6.92 Å². The number of anilines is 1. The van der Waals surface area contributed by atoms with Gasteiger partial charge in [0.2, 0.25) is 0 Å². The Morgan fingerprint density at radius 2 is 2.27 bits per heavy atom. The largest absolute Gasteiger partial charge is 0.466 e. The number of likely N-dealkylation sites (tertiary alicyclic amines) is 1. The lowest BCUT2D eigenvalue weighted by atomic mass is 9.98. The van der Waals surface area contributed by atoms with Crippen molar-refractivity contribution in [2.24, 2.45) is 5.92 Å². The van der Waals surface area contributed by atoms with Crippen LogP contribution in [0.25, 0.3) is 0 Å². The minimum atomic E-state index is -0.597. The van der Waals surface area contributed by atoms with Crippen LogP contribution in [0.1, 0.15) is 19.8 Å². The molecule has 1 aromatic carbocycles. The number of hydrogen-bond acceptors (Lipinski definition) is 3. The van der Waals surface area contributed by atoms with Crippen LogP contribution in [0.2, 0.25) is 5.02 Å². The molecule has 1 heterocycles. The lowest BCUT2D eigenvalue weighted by molar-refractivity contribution is -0.149. The Kier molecular flexibility index (Phi) is 5.60. The van der Waals surface area contributed by atoms with Gasteiger partial charge in [0.1, 0.15) is 5.82 Å². The molecule has 2 amide bonds. The molecule has 1 saturated heterocycles. The van der Waals surface area contributed by atoms with Crippen LogP contribution in [-0.4, -0.2) is 36.6 Å². The molecular weight excluding hydrogens is 311 g/mol. The summed E-state index contributed by atoms with van der Waals surface area (Å²) in [5, 5.41) is 2.60. The van der Waals surface area contributed by atoms with Gasteiger partial charge in [-0.05, 0) is 31.9 Å². The van der Waals surface area contributed by atoms with Crippen LogP contribution in [0, 0.1) is 11.7 Å². The average molecular weight is 329 g/mol. The zero-order valence-corrected chi connectivity index (χ0v) is 13.0. The summed E-state index contributed by atoms with van der Waals surface area (Å²) in [7, 11) is 0. The van der Waals surface area contributed by atoms with Gasteiger partial charge in [-0.15, -0.1) is 0 Å². The fourth-order valence-electron chi connectivity index (χ4n) is 2.42. The molecule has 1 unspecified atom stereocenters. The number of urea groups is 1. The lowest BCUT2D eigenvalue weighted by Crippen LogP contribution is -2.44. The third-order valence-electron chi connectivity index (χ3n) is 3.52. The zero-order valence-electron chi connectivity index (χ0n) is 12.3. The van der Waals surface area contributed by atoms with Crippen LogP contribution in [0.4, 0.5) is 14.9 Å². The molecule has 7 heteroatoms. The van der Waals surface area contributed by atoms with E-state index in [0.717, 1.165) is 0 Å². The summed E-state index contributed by atoms with van der Waals surface area (Å²) in [5.74, 6) is -1.24. The quantitative estimate of drug-likeness (QED) is 0.866. The number of carbonyl (C=O) groups is 2. The first-order valence-corrected chi connectivity index (χ1v) is 7.57. The van der Waals surface area contributed by atoms with Gasteiger partial charge in [0.15, 0.2) is 0 Å². The first-order chi connectivity index (χ1) is 10.5. The summed E-state index contributed by atoms with van der Waals surface area (Å²) in [6, 6.07) is 3.71. The van der Waals surface area contributed by atoms with E-state index in [0.29, 0.717) is 26.0 Å². The number of nitrogens with one attached hydrogen (secondary N) is 1. The SMILES string of the molecule is CCOC(=O)C1CCCN(C(=O)Nc2c(F)cccc2Cl)C1. The van der Waals surface area contributed by atoms with Crippen molar-refractivity contribution in [3.05, 3.63) is 29.0 Å². The third kappa shape index (κ3) is 3.88. The number of halogens is 2. The van der Waals surface area contributed by atoms with Gasteiger partial charge in [-0.25, -0.2) is 9.18 Å². The second kappa shape index (κ2) is 7.45. The van der Waals surface area contributed by atoms with E-state index < -0.39 is 11.8 Å². The monoisotopic (exact) mass is 328 g/mol. The van der Waals surface area contributed by atoms with E-state index in [9.17, 15) is 14.0 Å². The molecule has 1 atom stereocenters. The molecule has 0 aromatic heterocycles. The number of carbonyl (C=O) groups excluding carboxylic acids is 2. The molecule has 0 spiro atoms. The number of ether oxygens (including phenoxy) is 1. The number of nitrogens with zero attached hydrogens (tertiary/aromatic N) is 1. The zero-order chi connectivity index (χ0) is 16.1. The highest BCUT2D eigenvalue weighted by Gasteiger charge is 2.29. The average Bonchev–Trinajstić information content (AvgIpc) is 2.51. The van der Waals surface area contributed by atoms with Crippen LogP contribution in [0.15, 0.2) is 18.2 Å². The van der Waals surface area contributed by atoms with Gasteiger partial charge in [-0.3, -0.25) is 4.79 Å². The van der Waals surface area contributed by atoms with Crippen molar-refractivity contribution in [2.75, 3.05) is 25.0 Å². The van der Waals surface area contributed by atoms with Crippen molar-refractivity contribution in [3.63, 3.8) is 0 Å². The van der Waals surface area contributed by atoms with E-state index in [4.69, 9.17) is 16.3 Å². The molecule has 22 heavy (non-hydrogen) atoms. The highest BCUT2D eigenvalue weighted by Crippen LogP contribution is 2.26. The summed E-state index contributed by atoms with van der Waals surface area (Å²) in [4.78, 5) is 25.5. The molecule has 1 aliphatic rings. The number of esters is 1. The topological polar surface area (TPSA) is 58.6 Å². The van der Waals surface area contributed by atoms with Crippen molar-refractivity contribution >= 4 is 29.3 Å². The molecule has 0 bridgehead atoms. The number of piperidine rings is 1. The fourth-order valence-corrected chi connectivity index (χ4v) is 2.63. The van der Waals surface area contributed by atoms with E-state index in [2.05, 4.69) is 5.32 Å². The summed E-state index contributed by atoms with van der Waals surface area (Å²) in [5.41, 5.74) is -0.0487. The molecule has 1 N–H and O–H groups in total. The highest BCUT2D eigenvalue weighted by molar-refractivity contribution is 6.33. The van der Waals surface area contributed by atoms with Crippen LogP contribution in [-0.2, 0) is 9.53 Å². The summed E-state index contributed by atoms with van der Waals surface area (Å²) >= 11 is 5.89. The van der Waals surface area contributed by atoms with E-state index >= 15 is 0 Å². The Labute approximate surface area is 133 Å². The minimum Gasteiger partial charge on any atom is -0.466 e. The van der Waals surface area contributed by atoms with E-state index in [1.807, 2.05) is 0 Å². The summed E-state index contributed by atoms with van der Waals surface area (Å²) < 4.78 is 18.7. The fraction of sp³-hybridized carbons (Fsp3) is 0.467. The normalized spacial score (nSPS) is 18.0. The van der Waals surface area contributed by atoms with Crippen LogP contribution < -0.4 is 5.32 Å². The van der Waals surface area contributed by atoms with Crippen molar-refractivity contribution in [1.29, 1.82) is 0 Å². The molecule has 1 fully saturated rings. The Morgan fingerprint density at radius 1 is 1.50 bits per heavy atom. The maximum atomic E-state index is 13.7. The van der Waals surface area contributed by atoms with Gasteiger partial charge in [-0.2, -0.15) is 0 Å². The van der Waals surface area contributed by atoms with Gasteiger partial charge >= 0.3 is 12.0 Å². The molecule has 5 nitrogen and oxygen atoms in total. The highest BCUT2D eigenvalue weighted by atomic mass is 35.5. The Balaban J connectivity index is 2.02. The number of para-hydroxylation sites is 1. The van der Waals surface area contributed by atoms with Gasteiger partial charge in [0, 0.05) is 13.1 Å². The summed E-state index contributed by atoms with van der Waals surface area (Å²) in [6.45, 7) is 2.82. The van der Waals surface area contributed by atoms with Gasteiger partial charge < -0.3 is 15.0 Å². The Hall–Kier alpha value is -1.82. The van der Waals surface area contributed by atoms with Crippen molar-refractivity contribution in [3.8, 4) is 0 Å². The number of hydrogen-bond donors (Lipinski definition) is 1. The molecule has 0 aliphatic carbocycles. The molecule has 0 radical (unpaired) electrons. The predicted octanol–water partition coefficient (Wildman–Crippen LogP) is 3.29. The van der Waals surface area contributed by atoms with Crippen LogP contribution in [0.5, 0.6) is 0 Å². The lowest BCUT2D eigenvalue weighted by Gasteiger charge is -2.31. The number of amides is 2. The van der Waals surface area contributed by atoms with Gasteiger partial charge in [0.25, 0.3) is 0 Å². The number of rotatable bonds is 3. The molecule has 0 saturated carbocycles. The molecule has 1 aliphatic heterocycles. The standard InChI is InChI=1S/C15H18ClFN2O3/c1-2-22-14(20)10-5-4-8-19(9-10)15(21)18-13-11(16)6-3-7-12(13)17/h3,6-7,10H,2,4-5,8-9H2,1H3,(H,18,21). The number of benzene rings is 1. The van der Waals surface area contributed by atoms with E-state index in [1.165, 1.54) is 23.1 Å². The second-order valence-corrected chi connectivity index (χ2v) is 5.47. The van der Waals surface area contributed by atoms with Crippen LogP contribution in [0.3, 0.4) is 0 Å². The molecule has 120 valence electrons. The van der Waals surface area contributed by atoms with E-state index in [-0.39, 0.29) is 29.1 Å². The molecular formula is C15H18ClFN2O3. The molecule has 1 aromatic rings. The predicted molar refractivity (Wildman–Crippen MR) is 81.4 cm³/mol.